The van der Waals surface area contributed by atoms with E-state index < -0.39 is 35.5 Å². The van der Waals surface area contributed by atoms with Gasteiger partial charge in [0.25, 0.3) is 0 Å². The molecule has 0 heterocycles. The topological polar surface area (TPSA) is 101 Å². The minimum Gasteiger partial charge on any atom is -0.458 e. The number of carbonyl (C=O) groups excluding carboxylic acids is 3. The monoisotopic (exact) mass is 402 g/mol. The Hall–Kier alpha value is -1.79. The summed E-state index contributed by atoms with van der Waals surface area (Å²) in [5, 5.41) is 22.3. The molecule has 7 atom stereocenters. The van der Waals surface area contributed by atoms with Gasteiger partial charge in [-0.05, 0) is 62.0 Å². The lowest BCUT2D eigenvalue weighted by Gasteiger charge is -2.57. The number of carbonyl (C=O) groups is 3. The second-order valence-corrected chi connectivity index (χ2v) is 9.78. The standard InChI is InChI=1S/C23H30O6/c1-13(24)29-12-20(27)23(28)19(26)11-18-16-5-4-14-10-15(25)6-8-21(14,2)17(16)7-9-22(18,23)3/h6,8,10,16-19,26,28H,4-5,7,9,11-12H2,1-3H3/t16-,17+,18+,19?,21+,22+,23+/m1/s1. The first-order valence-corrected chi connectivity index (χ1v) is 10.6. The predicted molar refractivity (Wildman–Crippen MR) is 105 cm³/mol. The van der Waals surface area contributed by atoms with Crippen LogP contribution in [0.1, 0.15) is 52.9 Å². The van der Waals surface area contributed by atoms with Gasteiger partial charge < -0.3 is 14.9 Å². The third-order valence-corrected chi connectivity index (χ3v) is 8.61. The maximum atomic E-state index is 12.9. The molecule has 0 amide bonds. The molecule has 0 spiro atoms. The Morgan fingerprint density at radius 2 is 1.97 bits per heavy atom. The largest absolute Gasteiger partial charge is 0.458 e. The van der Waals surface area contributed by atoms with Crippen LogP contribution in [-0.2, 0) is 19.1 Å². The summed E-state index contributed by atoms with van der Waals surface area (Å²) in [6, 6.07) is 0. The van der Waals surface area contributed by atoms with Gasteiger partial charge in [0.15, 0.2) is 18.0 Å². The van der Waals surface area contributed by atoms with Crippen LogP contribution in [-0.4, -0.2) is 46.1 Å². The van der Waals surface area contributed by atoms with Crippen LogP contribution in [0.4, 0.5) is 0 Å². The average Bonchev–Trinajstić information content (AvgIpc) is 2.88. The van der Waals surface area contributed by atoms with Crippen LogP contribution in [0.5, 0.6) is 0 Å². The summed E-state index contributed by atoms with van der Waals surface area (Å²) in [5.74, 6) is -0.611. The number of aliphatic hydroxyl groups excluding tert-OH is 1. The third-order valence-electron chi connectivity index (χ3n) is 8.61. The maximum absolute atomic E-state index is 12.9. The van der Waals surface area contributed by atoms with Crippen molar-refractivity contribution < 1.29 is 29.3 Å². The second kappa shape index (κ2) is 6.61. The molecule has 2 N–H and O–H groups in total. The lowest BCUT2D eigenvalue weighted by molar-refractivity contribution is -0.180. The fourth-order valence-electron chi connectivity index (χ4n) is 7.00. The van der Waals surface area contributed by atoms with E-state index in [9.17, 15) is 24.6 Å². The van der Waals surface area contributed by atoms with Crippen molar-refractivity contribution in [2.24, 2.45) is 28.6 Å². The number of esters is 1. The predicted octanol–water partition coefficient (Wildman–Crippen LogP) is 2.13. The molecular formula is C23H30O6. The normalized spacial score (nSPS) is 45.7. The first kappa shape index (κ1) is 20.5. The van der Waals surface area contributed by atoms with E-state index in [0.717, 1.165) is 19.3 Å². The van der Waals surface area contributed by atoms with Gasteiger partial charge in [-0.25, -0.2) is 0 Å². The van der Waals surface area contributed by atoms with Crippen LogP contribution in [0.15, 0.2) is 23.8 Å². The van der Waals surface area contributed by atoms with Crippen LogP contribution >= 0.6 is 0 Å². The quantitative estimate of drug-likeness (QED) is 0.702. The van der Waals surface area contributed by atoms with Crippen molar-refractivity contribution in [2.75, 3.05) is 6.61 Å². The Morgan fingerprint density at radius 3 is 2.66 bits per heavy atom. The van der Waals surface area contributed by atoms with Crippen LogP contribution in [0.2, 0.25) is 0 Å². The Labute approximate surface area is 171 Å². The fraction of sp³-hybridized carbons (Fsp3) is 0.696. The minimum atomic E-state index is -1.91. The lowest BCUT2D eigenvalue weighted by atomic mass is 9.47. The second-order valence-electron chi connectivity index (χ2n) is 9.78. The van der Waals surface area contributed by atoms with Gasteiger partial charge in [-0.15, -0.1) is 0 Å². The van der Waals surface area contributed by atoms with E-state index in [-0.39, 0.29) is 23.0 Å². The van der Waals surface area contributed by atoms with E-state index >= 15 is 0 Å². The molecule has 1 unspecified atom stereocenters. The number of ether oxygens (including phenoxy) is 1. The molecule has 3 saturated carbocycles. The van der Waals surface area contributed by atoms with E-state index in [1.165, 1.54) is 12.5 Å². The summed E-state index contributed by atoms with van der Waals surface area (Å²) in [7, 11) is 0. The zero-order chi connectivity index (χ0) is 21.2. The van der Waals surface area contributed by atoms with Crippen molar-refractivity contribution in [3.8, 4) is 0 Å². The van der Waals surface area contributed by atoms with E-state index in [2.05, 4.69) is 6.92 Å². The fourth-order valence-corrected chi connectivity index (χ4v) is 7.00. The molecule has 0 bridgehead atoms. The molecule has 0 aromatic carbocycles. The van der Waals surface area contributed by atoms with E-state index in [0.29, 0.717) is 18.8 Å². The van der Waals surface area contributed by atoms with Gasteiger partial charge in [-0.1, -0.05) is 25.5 Å². The smallest absolute Gasteiger partial charge is 0.303 e. The molecule has 0 saturated heterocycles. The van der Waals surface area contributed by atoms with E-state index in [4.69, 9.17) is 4.74 Å². The summed E-state index contributed by atoms with van der Waals surface area (Å²) in [6.07, 6.45) is 7.75. The van der Waals surface area contributed by atoms with Crippen LogP contribution < -0.4 is 0 Å². The van der Waals surface area contributed by atoms with Crippen molar-refractivity contribution >= 4 is 17.5 Å². The zero-order valence-electron chi connectivity index (χ0n) is 17.3. The van der Waals surface area contributed by atoms with Gasteiger partial charge in [0, 0.05) is 17.8 Å². The van der Waals surface area contributed by atoms with Gasteiger partial charge in [0.1, 0.15) is 0 Å². The summed E-state index contributed by atoms with van der Waals surface area (Å²) >= 11 is 0. The molecule has 4 aliphatic rings. The maximum Gasteiger partial charge on any atom is 0.303 e. The Morgan fingerprint density at radius 1 is 1.24 bits per heavy atom. The molecule has 6 nitrogen and oxygen atoms in total. The minimum absolute atomic E-state index is 0.00747. The molecule has 0 aromatic rings. The number of rotatable bonds is 3. The number of hydrogen-bond donors (Lipinski definition) is 2. The molecule has 4 aliphatic carbocycles. The number of fused-ring (bicyclic) bond motifs is 5. The van der Waals surface area contributed by atoms with E-state index in [1.807, 2.05) is 13.0 Å². The van der Waals surface area contributed by atoms with Crippen LogP contribution in [0, 0.1) is 28.6 Å². The number of allylic oxidation sites excluding steroid dienone is 4. The summed E-state index contributed by atoms with van der Waals surface area (Å²) in [5.41, 5.74) is -1.69. The van der Waals surface area contributed by atoms with Crippen molar-refractivity contribution in [3.05, 3.63) is 23.8 Å². The summed E-state index contributed by atoms with van der Waals surface area (Å²) < 4.78 is 4.85. The van der Waals surface area contributed by atoms with Crippen molar-refractivity contribution in [1.29, 1.82) is 0 Å². The van der Waals surface area contributed by atoms with Crippen molar-refractivity contribution in [2.45, 2.75) is 64.6 Å². The highest BCUT2D eigenvalue weighted by Crippen LogP contribution is 2.67. The molecule has 3 fully saturated rings. The lowest BCUT2D eigenvalue weighted by Crippen LogP contribution is -2.61. The Balaban J connectivity index is 1.65. The third kappa shape index (κ3) is 2.72. The molecule has 4 rings (SSSR count). The van der Waals surface area contributed by atoms with Gasteiger partial charge in [-0.2, -0.15) is 0 Å². The number of ketones is 2. The van der Waals surface area contributed by atoms with Gasteiger partial charge in [0.2, 0.25) is 5.78 Å². The molecule has 29 heavy (non-hydrogen) atoms. The molecule has 6 heteroatoms. The number of Topliss-reactive ketones (excluding diaryl/α,β-unsaturated/α-hetero) is 1. The molecule has 0 aliphatic heterocycles. The van der Waals surface area contributed by atoms with E-state index in [1.54, 1.807) is 12.2 Å². The van der Waals surface area contributed by atoms with Crippen molar-refractivity contribution in [3.63, 3.8) is 0 Å². The Kier molecular flexibility index (Phi) is 4.67. The highest BCUT2D eigenvalue weighted by Gasteiger charge is 2.69. The Bertz CT molecular complexity index is 827. The zero-order valence-corrected chi connectivity index (χ0v) is 17.3. The SMILES string of the molecule is CC(=O)OCC(=O)[C@@]1(O)C(O)C[C@H]2[C@@H]3CCC4=CC(=O)C=C[C@]4(C)[C@H]3CC[C@@]21C. The summed E-state index contributed by atoms with van der Waals surface area (Å²) in [4.78, 5) is 35.9. The molecule has 158 valence electrons. The molecular weight excluding hydrogens is 372 g/mol. The first-order valence-electron chi connectivity index (χ1n) is 10.6. The van der Waals surface area contributed by atoms with Crippen LogP contribution in [0.25, 0.3) is 0 Å². The average molecular weight is 402 g/mol. The van der Waals surface area contributed by atoms with Crippen LogP contribution in [0.3, 0.4) is 0 Å². The highest BCUT2D eigenvalue weighted by molar-refractivity contribution is 6.01. The first-order chi connectivity index (χ1) is 13.5. The van der Waals surface area contributed by atoms with Gasteiger partial charge >= 0.3 is 5.97 Å². The van der Waals surface area contributed by atoms with Crippen molar-refractivity contribution in [1.82, 2.24) is 0 Å². The van der Waals surface area contributed by atoms with Gasteiger partial charge in [0.05, 0.1) is 6.10 Å². The van der Waals surface area contributed by atoms with Gasteiger partial charge in [-0.3, -0.25) is 14.4 Å². The number of aliphatic hydroxyl groups is 2. The highest BCUT2D eigenvalue weighted by atomic mass is 16.5. The summed E-state index contributed by atoms with van der Waals surface area (Å²) in [6.45, 7) is 4.79. The number of hydrogen-bond acceptors (Lipinski definition) is 6. The molecule has 0 radical (unpaired) electrons. The molecule has 0 aromatic heterocycles.